The first-order valence-corrected chi connectivity index (χ1v) is 6.76. The summed E-state index contributed by atoms with van der Waals surface area (Å²) < 4.78 is 40.7. The fraction of sp³-hybridized carbons (Fsp3) is 0.200. The van der Waals surface area contributed by atoms with E-state index in [1.54, 1.807) is 7.05 Å². The quantitative estimate of drug-likeness (QED) is 0.771. The van der Waals surface area contributed by atoms with E-state index in [-0.39, 0.29) is 17.1 Å². The Bertz CT molecular complexity index is 698. The van der Waals surface area contributed by atoms with E-state index in [1.807, 2.05) is 0 Å². The number of aromatic nitrogens is 3. The van der Waals surface area contributed by atoms with Crippen molar-refractivity contribution in [2.75, 3.05) is 5.73 Å². The summed E-state index contributed by atoms with van der Waals surface area (Å²) in [6.07, 6.45) is 1.44. The minimum absolute atomic E-state index is 0.0251. The van der Waals surface area contributed by atoms with Crippen LogP contribution < -0.4 is 10.5 Å². The van der Waals surface area contributed by atoms with Crippen LogP contribution in [0.25, 0.3) is 0 Å². The van der Waals surface area contributed by atoms with Gasteiger partial charge in [0.1, 0.15) is 17.0 Å². The molecule has 19 heavy (non-hydrogen) atoms. The molecule has 0 amide bonds. The smallest absolute Gasteiger partial charge is 0.243 e. The molecule has 0 spiro atoms. The van der Waals surface area contributed by atoms with Gasteiger partial charge in [-0.1, -0.05) is 0 Å². The highest BCUT2D eigenvalue weighted by Gasteiger charge is 2.18. The lowest BCUT2D eigenvalue weighted by atomic mass is 10.3. The van der Waals surface area contributed by atoms with Crippen LogP contribution in [-0.2, 0) is 23.6 Å². The van der Waals surface area contributed by atoms with Gasteiger partial charge in [-0.15, -0.1) is 0 Å². The minimum Gasteiger partial charge on any atom is -0.398 e. The van der Waals surface area contributed by atoms with Gasteiger partial charge in [0.25, 0.3) is 0 Å². The highest BCUT2D eigenvalue weighted by Crippen LogP contribution is 2.19. The number of aryl methyl sites for hydroxylation is 1. The topological polar surface area (TPSA) is 103 Å². The van der Waals surface area contributed by atoms with Crippen LogP contribution in [0.2, 0.25) is 0 Å². The molecule has 1 aromatic carbocycles. The fourth-order valence-corrected chi connectivity index (χ4v) is 2.56. The molecule has 0 saturated heterocycles. The molecule has 0 aliphatic carbocycles. The number of rotatable bonds is 4. The molecule has 0 atom stereocenters. The summed E-state index contributed by atoms with van der Waals surface area (Å²) in [5.74, 6) is -0.369. The van der Waals surface area contributed by atoms with Crippen LogP contribution in [0.3, 0.4) is 0 Å². The first kappa shape index (κ1) is 13.4. The standard InChI is InChI=1S/C10H12FN5O2S/c1-16-6-13-10(15-16)5-14-19(17,18)9-4-7(11)2-3-8(9)12/h2-4,6,14H,5,12H2,1H3. The first-order valence-electron chi connectivity index (χ1n) is 5.28. The molecule has 1 aromatic heterocycles. The third kappa shape index (κ3) is 3.06. The monoisotopic (exact) mass is 285 g/mol. The Morgan fingerprint density at radius 1 is 1.47 bits per heavy atom. The van der Waals surface area contributed by atoms with Gasteiger partial charge in [-0.25, -0.2) is 22.5 Å². The van der Waals surface area contributed by atoms with Crippen LogP contribution in [0.15, 0.2) is 29.4 Å². The van der Waals surface area contributed by atoms with Crippen molar-refractivity contribution in [1.29, 1.82) is 0 Å². The van der Waals surface area contributed by atoms with Crippen LogP contribution in [0.1, 0.15) is 5.82 Å². The molecule has 0 bridgehead atoms. The molecule has 2 rings (SSSR count). The predicted octanol–water partition coefficient (Wildman–Crippen LogP) is 0.0149. The molecule has 2 aromatic rings. The molecular weight excluding hydrogens is 273 g/mol. The summed E-state index contributed by atoms with van der Waals surface area (Å²) in [7, 11) is -2.24. The van der Waals surface area contributed by atoms with Crippen molar-refractivity contribution in [3.63, 3.8) is 0 Å². The van der Waals surface area contributed by atoms with Crippen molar-refractivity contribution >= 4 is 15.7 Å². The largest absolute Gasteiger partial charge is 0.398 e. The van der Waals surface area contributed by atoms with E-state index in [0.717, 1.165) is 12.1 Å². The number of nitrogens with one attached hydrogen (secondary N) is 1. The molecule has 0 fully saturated rings. The third-order valence-corrected chi connectivity index (χ3v) is 3.79. The minimum atomic E-state index is -3.91. The Kier molecular flexibility index (Phi) is 3.49. The lowest BCUT2D eigenvalue weighted by molar-refractivity contribution is 0.575. The predicted molar refractivity (Wildman–Crippen MR) is 65.8 cm³/mol. The molecule has 1 heterocycles. The van der Waals surface area contributed by atoms with Gasteiger partial charge < -0.3 is 5.73 Å². The number of halogens is 1. The van der Waals surface area contributed by atoms with Gasteiger partial charge in [-0.2, -0.15) is 5.10 Å². The summed E-state index contributed by atoms with van der Waals surface area (Å²) in [5, 5.41) is 3.92. The van der Waals surface area contributed by atoms with E-state index in [4.69, 9.17) is 5.73 Å². The van der Waals surface area contributed by atoms with Crippen molar-refractivity contribution in [2.45, 2.75) is 11.4 Å². The van der Waals surface area contributed by atoms with Crippen LogP contribution in [0.5, 0.6) is 0 Å². The summed E-state index contributed by atoms with van der Waals surface area (Å²) in [5.41, 5.74) is 5.50. The number of nitrogens with two attached hydrogens (primary N) is 1. The fourth-order valence-electron chi connectivity index (χ4n) is 1.44. The summed E-state index contributed by atoms with van der Waals surface area (Å²) >= 11 is 0. The molecule has 3 N–H and O–H groups in total. The van der Waals surface area contributed by atoms with Crippen molar-refractivity contribution in [3.8, 4) is 0 Å². The molecule has 9 heteroatoms. The van der Waals surface area contributed by atoms with Gasteiger partial charge in [-0.05, 0) is 18.2 Å². The van der Waals surface area contributed by atoms with Gasteiger partial charge in [0.15, 0.2) is 5.82 Å². The number of benzene rings is 1. The number of nitrogen functional groups attached to an aromatic ring is 1. The Morgan fingerprint density at radius 2 is 2.21 bits per heavy atom. The maximum atomic E-state index is 13.1. The van der Waals surface area contributed by atoms with Gasteiger partial charge in [0, 0.05) is 7.05 Å². The molecule has 0 saturated carbocycles. The average molecular weight is 285 g/mol. The summed E-state index contributed by atoms with van der Waals surface area (Å²) in [6, 6.07) is 3.15. The van der Waals surface area contributed by atoms with E-state index in [2.05, 4.69) is 14.8 Å². The van der Waals surface area contributed by atoms with Crippen molar-refractivity contribution in [1.82, 2.24) is 19.5 Å². The van der Waals surface area contributed by atoms with E-state index < -0.39 is 15.8 Å². The van der Waals surface area contributed by atoms with Crippen molar-refractivity contribution in [3.05, 3.63) is 36.2 Å². The van der Waals surface area contributed by atoms with Gasteiger partial charge in [0.05, 0.1) is 12.2 Å². The lowest BCUT2D eigenvalue weighted by Crippen LogP contribution is -2.25. The molecular formula is C10H12FN5O2S. The van der Waals surface area contributed by atoms with Crippen LogP contribution in [-0.4, -0.2) is 23.2 Å². The molecule has 0 aliphatic heterocycles. The second-order valence-electron chi connectivity index (χ2n) is 3.84. The number of sulfonamides is 1. The number of anilines is 1. The highest BCUT2D eigenvalue weighted by atomic mass is 32.2. The third-order valence-electron chi connectivity index (χ3n) is 2.33. The number of nitrogens with zero attached hydrogens (tertiary/aromatic N) is 3. The van der Waals surface area contributed by atoms with E-state index in [0.29, 0.717) is 5.82 Å². The van der Waals surface area contributed by atoms with Crippen molar-refractivity contribution < 1.29 is 12.8 Å². The van der Waals surface area contributed by atoms with E-state index >= 15 is 0 Å². The SMILES string of the molecule is Cn1cnc(CNS(=O)(=O)c2cc(F)ccc2N)n1. The van der Waals surface area contributed by atoms with Crippen LogP contribution in [0, 0.1) is 5.82 Å². The maximum absolute atomic E-state index is 13.1. The zero-order valence-corrected chi connectivity index (χ0v) is 10.9. The zero-order valence-electron chi connectivity index (χ0n) is 10.0. The summed E-state index contributed by atoms with van der Waals surface area (Å²) in [4.78, 5) is 3.57. The van der Waals surface area contributed by atoms with Gasteiger partial charge in [0.2, 0.25) is 10.0 Å². The van der Waals surface area contributed by atoms with E-state index in [9.17, 15) is 12.8 Å². The Labute approximate surface area is 109 Å². The second kappa shape index (κ2) is 4.94. The molecule has 102 valence electrons. The summed E-state index contributed by atoms with van der Waals surface area (Å²) in [6.45, 7) is -0.0981. The van der Waals surface area contributed by atoms with Gasteiger partial charge >= 0.3 is 0 Å². The van der Waals surface area contributed by atoms with Crippen LogP contribution in [0.4, 0.5) is 10.1 Å². The Hall–Kier alpha value is -2.00. The van der Waals surface area contributed by atoms with Crippen LogP contribution >= 0.6 is 0 Å². The normalized spacial score (nSPS) is 11.7. The Balaban J connectivity index is 2.20. The molecule has 0 unspecified atom stereocenters. The second-order valence-corrected chi connectivity index (χ2v) is 5.58. The maximum Gasteiger partial charge on any atom is 0.243 e. The van der Waals surface area contributed by atoms with Gasteiger partial charge in [-0.3, -0.25) is 4.68 Å². The molecule has 0 aliphatic rings. The highest BCUT2D eigenvalue weighted by molar-refractivity contribution is 7.89. The number of hydrogen-bond donors (Lipinski definition) is 2. The molecule has 7 nitrogen and oxygen atoms in total. The Morgan fingerprint density at radius 3 is 2.84 bits per heavy atom. The first-order chi connectivity index (χ1) is 8.88. The van der Waals surface area contributed by atoms with Crippen molar-refractivity contribution in [2.24, 2.45) is 7.05 Å². The molecule has 0 radical (unpaired) electrons. The average Bonchev–Trinajstić information content (AvgIpc) is 2.76. The zero-order chi connectivity index (χ0) is 14.0. The number of hydrogen-bond acceptors (Lipinski definition) is 5. The lowest BCUT2D eigenvalue weighted by Gasteiger charge is -2.07. The van der Waals surface area contributed by atoms with E-state index in [1.165, 1.54) is 17.1 Å².